The molecule has 3 heterocycles. The summed E-state index contributed by atoms with van der Waals surface area (Å²) in [6.07, 6.45) is -1.76. The van der Waals surface area contributed by atoms with Gasteiger partial charge < -0.3 is 24.9 Å². The fourth-order valence-corrected chi connectivity index (χ4v) is 4.28. The van der Waals surface area contributed by atoms with Gasteiger partial charge in [-0.05, 0) is 65.7 Å². The second-order valence-electron chi connectivity index (χ2n) is 7.65. The Bertz CT molecular complexity index is 1410. The van der Waals surface area contributed by atoms with E-state index >= 15 is 0 Å². The first-order valence-electron chi connectivity index (χ1n) is 9.68. The molecule has 1 atom stereocenters. The van der Waals surface area contributed by atoms with Crippen molar-refractivity contribution in [2.75, 3.05) is 0 Å². The summed E-state index contributed by atoms with van der Waals surface area (Å²) >= 11 is 8.09. The topological polar surface area (TPSA) is 119 Å². The molecule has 0 fully saturated rings. The molecule has 0 saturated carbocycles. The Hall–Kier alpha value is -3.01. The van der Waals surface area contributed by atoms with Crippen molar-refractivity contribution in [2.24, 2.45) is 5.73 Å². The van der Waals surface area contributed by atoms with Gasteiger partial charge in [-0.25, -0.2) is 0 Å². The van der Waals surface area contributed by atoms with Crippen LogP contribution in [0.25, 0.3) is 44.9 Å². The largest absolute Gasteiger partial charge is 0.459 e. The molecular weight excluding hydrogens is 450 g/mol. The van der Waals surface area contributed by atoms with Gasteiger partial charge in [-0.2, -0.15) is 16.3 Å². The number of nitrogens with zero attached hydrogens (tertiary/aromatic N) is 2. The fourth-order valence-electron chi connectivity index (χ4n) is 3.33. The number of hydrogen-bond acceptors (Lipinski definition) is 8. The van der Waals surface area contributed by atoms with Crippen LogP contribution in [-0.2, 0) is 5.54 Å². The summed E-state index contributed by atoms with van der Waals surface area (Å²) in [4.78, 5) is 4.51. The molecule has 3 aromatic heterocycles. The lowest BCUT2D eigenvalue weighted by Gasteiger charge is -2.23. The minimum atomic E-state index is -1.76. The van der Waals surface area contributed by atoms with Crippen molar-refractivity contribution >= 4 is 33.9 Å². The smallest absolute Gasteiger partial charge is 0.258 e. The van der Waals surface area contributed by atoms with Gasteiger partial charge in [0.05, 0.1) is 0 Å². The summed E-state index contributed by atoms with van der Waals surface area (Å²) in [5.41, 5.74) is 8.53. The van der Waals surface area contributed by atoms with Crippen molar-refractivity contribution in [2.45, 2.75) is 18.8 Å². The number of halogens is 1. The molecule has 0 aliphatic rings. The molecule has 0 radical (unpaired) electrons. The van der Waals surface area contributed by atoms with Gasteiger partial charge in [-0.3, -0.25) is 0 Å². The lowest BCUT2D eigenvalue weighted by Crippen LogP contribution is -2.44. The van der Waals surface area contributed by atoms with Crippen LogP contribution in [0.4, 0.5) is 0 Å². The molecule has 0 saturated heterocycles. The number of rotatable bonds is 5. The van der Waals surface area contributed by atoms with Crippen molar-refractivity contribution in [1.29, 1.82) is 0 Å². The second kappa shape index (κ2) is 7.84. The lowest BCUT2D eigenvalue weighted by molar-refractivity contribution is -0.0984. The Morgan fingerprint density at radius 2 is 1.88 bits per heavy atom. The van der Waals surface area contributed by atoms with E-state index in [1.54, 1.807) is 35.6 Å². The maximum atomic E-state index is 9.52. The Morgan fingerprint density at radius 1 is 1.06 bits per heavy atom. The van der Waals surface area contributed by atoms with Crippen molar-refractivity contribution in [3.63, 3.8) is 0 Å². The molecule has 32 heavy (non-hydrogen) atoms. The molecule has 1 unspecified atom stereocenters. The average molecular weight is 468 g/mol. The molecular formula is C23H18ClN3O4S. The zero-order valence-corrected chi connectivity index (χ0v) is 18.4. The number of aromatic nitrogens is 2. The van der Waals surface area contributed by atoms with Gasteiger partial charge >= 0.3 is 0 Å². The normalized spacial score (nSPS) is 13.7. The summed E-state index contributed by atoms with van der Waals surface area (Å²) in [6, 6.07) is 14.7. The number of aliphatic hydroxyl groups is 2. The van der Waals surface area contributed by atoms with E-state index in [2.05, 4.69) is 10.1 Å². The van der Waals surface area contributed by atoms with Crippen molar-refractivity contribution in [1.82, 2.24) is 10.1 Å². The fraction of sp³-hybridized carbons (Fsp3) is 0.130. The quantitative estimate of drug-likeness (QED) is 0.310. The van der Waals surface area contributed by atoms with E-state index in [4.69, 9.17) is 26.3 Å². The first-order chi connectivity index (χ1) is 15.3. The van der Waals surface area contributed by atoms with E-state index in [0.29, 0.717) is 27.9 Å². The number of thiophene rings is 1. The van der Waals surface area contributed by atoms with Crippen LogP contribution in [0.3, 0.4) is 0 Å². The first kappa shape index (κ1) is 20.9. The molecule has 9 heteroatoms. The zero-order chi connectivity index (χ0) is 22.5. The highest BCUT2D eigenvalue weighted by Gasteiger charge is 2.33. The van der Waals surface area contributed by atoms with E-state index in [0.717, 1.165) is 22.1 Å². The Morgan fingerprint density at radius 3 is 2.59 bits per heavy atom. The van der Waals surface area contributed by atoms with Crippen LogP contribution < -0.4 is 5.73 Å². The number of benzene rings is 2. The predicted molar refractivity (Wildman–Crippen MR) is 123 cm³/mol. The van der Waals surface area contributed by atoms with E-state index in [1.165, 1.54) is 6.92 Å². The molecule has 0 amide bonds. The maximum absolute atomic E-state index is 9.52. The highest BCUT2D eigenvalue weighted by atomic mass is 35.5. The van der Waals surface area contributed by atoms with Crippen molar-refractivity contribution in [3.8, 4) is 34.0 Å². The third kappa shape index (κ3) is 3.62. The van der Waals surface area contributed by atoms with Crippen LogP contribution in [0, 0.1) is 0 Å². The van der Waals surface area contributed by atoms with Gasteiger partial charge in [0, 0.05) is 27.1 Å². The number of fused-ring (bicyclic) bond motifs is 1. The van der Waals surface area contributed by atoms with Gasteiger partial charge in [0.2, 0.25) is 5.82 Å². The van der Waals surface area contributed by atoms with E-state index in [1.807, 2.05) is 35.0 Å². The maximum Gasteiger partial charge on any atom is 0.258 e. The van der Waals surface area contributed by atoms with Crippen LogP contribution >= 0.6 is 22.9 Å². The third-order valence-electron chi connectivity index (χ3n) is 5.32. The molecule has 4 N–H and O–H groups in total. The standard InChI is InChI=1S/C23H18ClN3O4S/c1-23(25,22(28)29)19-10-15-8-12(3-5-18(15)30-19)20-26-21(31-27-20)13-2-4-16(17(24)9-13)14-6-7-32-11-14/h2-11,22,28-29H,25H2,1H3. The monoisotopic (exact) mass is 467 g/mol. The minimum Gasteiger partial charge on any atom is -0.459 e. The van der Waals surface area contributed by atoms with Gasteiger partial charge in [0.15, 0.2) is 6.29 Å². The predicted octanol–water partition coefficient (Wildman–Crippen LogP) is 5.02. The van der Waals surface area contributed by atoms with Gasteiger partial charge in [0.1, 0.15) is 16.9 Å². The van der Waals surface area contributed by atoms with Crippen LogP contribution in [-0.4, -0.2) is 26.6 Å². The number of furan rings is 1. The summed E-state index contributed by atoms with van der Waals surface area (Å²) in [6.45, 7) is 1.48. The Kier molecular flexibility index (Phi) is 5.11. The number of hydrogen-bond donors (Lipinski definition) is 3. The summed E-state index contributed by atoms with van der Waals surface area (Å²) in [5.74, 6) is 1.01. The molecule has 0 aliphatic heterocycles. The molecule has 2 aromatic carbocycles. The molecule has 0 spiro atoms. The number of aliphatic hydroxyl groups excluding tert-OH is 1. The Balaban J connectivity index is 1.46. The zero-order valence-electron chi connectivity index (χ0n) is 16.8. The summed E-state index contributed by atoms with van der Waals surface area (Å²) in [7, 11) is 0. The second-order valence-corrected chi connectivity index (χ2v) is 8.84. The summed E-state index contributed by atoms with van der Waals surface area (Å²) < 4.78 is 11.2. The lowest BCUT2D eigenvalue weighted by atomic mass is 9.99. The van der Waals surface area contributed by atoms with Crippen LogP contribution in [0.15, 0.2) is 68.2 Å². The molecule has 162 valence electrons. The van der Waals surface area contributed by atoms with Crippen molar-refractivity contribution in [3.05, 3.63) is 70.1 Å². The molecule has 0 aliphatic carbocycles. The summed E-state index contributed by atoms with van der Waals surface area (Å²) in [5, 5.41) is 28.5. The molecule has 5 rings (SSSR count). The van der Waals surface area contributed by atoms with E-state index in [-0.39, 0.29) is 5.76 Å². The van der Waals surface area contributed by atoms with Crippen molar-refractivity contribution < 1.29 is 19.2 Å². The first-order valence-corrected chi connectivity index (χ1v) is 11.0. The van der Waals surface area contributed by atoms with Crippen LogP contribution in [0.5, 0.6) is 0 Å². The van der Waals surface area contributed by atoms with Crippen LogP contribution in [0.1, 0.15) is 12.7 Å². The SMILES string of the molecule is CC(N)(c1cc2cc(-c3noc(-c4ccc(-c5ccsc5)c(Cl)c4)n3)ccc2o1)C(O)O. The highest BCUT2D eigenvalue weighted by Crippen LogP contribution is 2.34. The highest BCUT2D eigenvalue weighted by molar-refractivity contribution is 7.08. The molecule has 7 nitrogen and oxygen atoms in total. The minimum absolute atomic E-state index is 0.258. The molecule has 0 bridgehead atoms. The van der Waals surface area contributed by atoms with Gasteiger partial charge in [-0.1, -0.05) is 22.8 Å². The van der Waals surface area contributed by atoms with Crippen LogP contribution in [0.2, 0.25) is 5.02 Å². The Labute approximate surface area is 191 Å². The van der Waals surface area contributed by atoms with E-state index < -0.39 is 11.8 Å². The average Bonchev–Trinajstić information content (AvgIpc) is 3.53. The van der Waals surface area contributed by atoms with Gasteiger partial charge in [-0.15, -0.1) is 0 Å². The van der Waals surface area contributed by atoms with Gasteiger partial charge in [0.25, 0.3) is 5.89 Å². The number of nitrogens with two attached hydrogens (primary N) is 1. The third-order valence-corrected chi connectivity index (χ3v) is 6.31. The van der Waals surface area contributed by atoms with E-state index in [9.17, 15) is 10.2 Å². The molecule has 5 aromatic rings.